The zero-order valence-corrected chi connectivity index (χ0v) is 14.3. The number of hydrogen-bond acceptors (Lipinski definition) is 5. The van der Waals surface area contributed by atoms with E-state index in [-0.39, 0.29) is 17.1 Å². The van der Waals surface area contributed by atoms with E-state index < -0.39 is 11.8 Å². The molecule has 8 nitrogen and oxygen atoms in total. The molecule has 0 saturated carbocycles. The molecule has 0 fully saturated rings. The number of carbonyl (C=O) groups is 2. The van der Waals surface area contributed by atoms with Gasteiger partial charge in [0.25, 0.3) is 11.8 Å². The Balaban J connectivity index is 1.88. The molecule has 132 valence electrons. The highest BCUT2D eigenvalue weighted by Crippen LogP contribution is 2.22. The van der Waals surface area contributed by atoms with E-state index in [4.69, 9.17) is 10.5 Å². The summed E-state index contributed by atoms with van der Waals surface area (Å²) in [6, 6.07) is 12.5. The number of aromatic nitrogens is 3. The van der Waals surface area contributed by atoms with Gasteiger partial charge in [-0.2, -0.15) is 5.10 Å². The highest BCUT2D eigenvalue weighted by atomic mass is 16.5. The van der Waals surface area contributed by atoms with E-state index in [9.17, 15) is 9.59 Å². The number of ether oxygens (including phenoxy) is 1. The zero-order valence-electron chi connectivity index (χ0n) is 14.3. The first-order chi connectivity index (χ1) is 12.5. The lowest BCUT2D eigenvalue weighted by molar-refractivity contribution is 0.0995. The van der Waals surface area contributed by atoms with E-state index in [2.05, 4.69) is 15.4 Å². The molecule has 0 aliphatic rings. The Labute approximate surface area is 149 Å². The van der Waals surface area contributed by atoms with Crippen LogP contribution in [0.4, 0.5) is 5.69 Å². The van der Waals surface area contributed by atoms with Crippen molar-refractivity contribution in [3.8, 4) is 17.0 Å². The lowest BCUT2D eigenvalue weighted by atomic mass is 10.1. The molecule has 2 aromatic heterocycles. The van der Waals surface area contributed by atoms with E-state index in [1.807, 2.05) is 24.3 Å². The van der Waals surface area contributed by atoms with Gasteiger partial charge in [0.15, 0.2) is 5.69 Å². The van der Waals surface area contributed by atoms with Crippen molar-refractivity contribution in [1.82, 2.24) is 14.8 Å². The molecule has 0 unspecified atom stereocenters. The molecule has 0 spiro atoms. The second-order valence-corrected chi connectivity index (χ2v) is 5.52. The van der Waals surface area contributed by atoms with E-state index in [1.165, 1.54) is 10.9 Å². The molecule has 1 aromatic carbocycles. The first-order valence-electron chi connectivity index (χ1n) is 7.74. The first-order valence-corrected chi connectivity index (χ1v) is 7.74. The fraction of sp³-hybridized carbons (Fsp3) is 0.111. The topological polar surface area (TPSA) is 112 Å². The number of nitrogens with two attached hydrogens (primary N) is 1. The van der Waals surface area contributed by atoms with Gasteiger partial charge in [-0.25, -0.2) is 4.98 Å². The minimum absolute atomic E-state index is 0.00944. The molecule has 0 bridgehead atoms. The summed E-state index contributed by atoms with van der Waals surface area (Å²) in [7, 11) is 3.21. The number of aryl methyl sites for hydroxylation is 1. The fourth-order valence-electron chi connectivity index (χ4n) is 2.45. The van der Waals surface area contributed by atoms with Gasteiger partial charge in [0.1, 0.15) is 11.4 Å². The maximum atomic E-state index is 12.5. The summed E-state index contributed by atoms with van der Waals surface area (Å²) in [6.45, 7) is 0. The highest BCUT2D eigenvalue weighted by Gasteiger charge is 2.17. The van der Waals surface area contributed by atoms with E-state index in [0.717, 1.165) is 5.56 Å². The number of amides is 2. The minimum atomic E-state index is -0.723. The lowest BCUT2D eigenvalue weighted by Gasteiger charge is -2.07. The van der Waals surface area contributed by atoms with E-state index in [1.54, 1.807) is 32.4 Å². The number of pyridine rings is 1. The Morgan fingerprint density at radius 1 is 1.19 bits per heavy atom. The number of carbonyl (C=O) groups excluding carboxylic acids is 2. The summed E-state index contributed by atoms with van der Waals surface area (Å²) in [6.07, 6.45) is 1.50. The van der Waals surface area contributed by atoms with Crippen molar-refractivity contribution in [2.24, 2.45) is 12.8 Å². The van der Waals surface area contributed by atoms with Crippen LogP contribution in [0.1, 0.15) is 21.0 Å². The molecule has 2 amide bonds. The number of anilines is 1. The summed E-state index contributed by atoms with van der Waals surface area (Å²) in [5, 5.41) is 6.55. The third-order valence-electron chi connectivity index (χ3n) is 3.66. The van der Waals surface area contributed by atoms with Crippen molar-refractivity contribution in [3.63, 3.8) is 0 Å². The third-order valence-corrected chi connectivity index (χ3v) is 3.66. The van der Waals surface area contributed by atoms with E-state index in [0.29, 0.717) is 11.4 Å². The van der Waals surface area contributed by atoms with Gasteiger partial charge in [-0.1, -0.05) is 18.2 Å². The van der Waals surface area contributed by atoms with Gasteiger partial charge < -0.3 is 15.8 Å². The Hall–Kier alpha value is -3.68. The fourth-order valence-corrected chi connectivity index (χ4v) is 2.45. The van der Waals surface area contributed by atoms with Crippen LogP contribution in [0.2, 0.25) is 0 Å². The van der Waals surface area contributed by atoms with Crippen LogP contribution in [0, 0.1) is 0 Å². The quantitative estimate of drug-likeness (QED) is 0.728. The van der Waals surface area contributed by atoms with Crippen molar-refractivity contribution in [1.29, 1.82) is 0 Å². The number of primary amides is 1. The standard InChI is InChI=1S/C18H17N5O3/c1-23-10-15(16(22-23)17(19)24)21-18(25)14-8-4-7-13(20-14)11-5-3-6-12(9-11)26-2/h3-10H,1-2H3,(H2,19,24)(H,21,25). The van der Waals surface area contributed by atoms with Crippen LogP contribution in [-0.2, 0) is 7.05 Å². The summed E-state index contributed by atoms with van der Waals surface area (Å²) in [5.74, 6) is -0.496. The van der Waals surface area contributed by atoms with Crippen LogP contribution in [-0.4, -0.2) is 33.7 Å². The average molecular weight is 351 g/mol. The molecule has 0 radical (unpaired) electrons. The van der Waals surface area contributed by atoms with Gasteiger partial charge >= 0.3 is 0 Å². The molecular formula is C18H17N5O3. The molecule has 8 heteroatoms. The number of nitrogens with one attached hydrogen (secondary N) is 1. The summed E-state index contributed by atoms with van der Waals surface area (Å²) < 4.78 is 6.61. The van der Waals surface area contributed by atoms with Crippen molar-refractivity contribution >= 4 is 17.5 Å². The van der Waals surface area contributed by atoms with Crippen molar-refractivity contribution < 1.29 is 14.3 Å². The zero-order chi connectivity index (χ0) is 18.7. The first kappa shape index (κ1) is 17.2. The largest absolute Gasteiger partial charge is 0.497 e. The van der Waals surface area contributed by atoms with Crippen molar-refractivity contribution in [3.05, 3.63) is 60.0 Å². The van der Waals surface area contributed by atoms with Gasteiger partial charge in [-0.05, 0) is 24.3 Å². The third kappa shape index (κ3) is 3.54. The number of benzene rings is 1. The summed E-state index contributed by atoms with van der Waals surface area (Å²) in [4.78, 5) is 28.3. The SMILES string of the molecule is COc1cccc(-c2cccc(C(=O)Nc3cn(C)nc3C(N)=O)n2)c1. The maximum absolute atomic E-state index is 12.5. The molecule has 3 rings (SSSR count). The Morgan fingerprint density at radius 2 is 1.96 bits per heavy atom. The minimum Gasteiger partial charge on any atom is -0.497 e. The van der Waals surface area contributed by atoms with Gasteiger partial charge in [0.05, 0.1) is 18.5 Å². The van der Waals surface area contributed by atoms with Gasteiger partial charge in [0.2, 0.25) is 0 Å². The van der Waals surface area contributed by atoms with Crippen molar-refractivity contribution in [2.45, 2.75) is 0 Å². The molecule has 3 N–H and O–H groups in total. The average Bonchev–Trinajstić information content (AvgIpc) is 3.02. The number of nitrogens with zero attached hydrogens (tertiary/aromatic N) is 3. The lowest BCUT2D eigenvalue weighted by Crippen LogP contribution is -2.18. The molecule has 2 heterocycles. The number of hydrogen-bond donors (Lipinski definition) is 2. The van der Waals surface area contributed by atoms with Crippen LogP contribution < -0.4 is 15.8 Å². The normalized spacial score (nSPS) is 10.4. The van der Waals surface area contributed by atoms with Gasteiger partial charge in [-0.15, -0.1) is 0 Å². The van der Waals surface area contributed by atoms with Crippen molar-refractivity contribution in [2.75, 3.05) is 12.4 Å². The Morgan fingerprint density at radius 3 is 2.69 bits per heavy atom. The Kier molecular flexibility index (Phi) is 4.66. The predicted molar refractivity (Wildman–Crippen MR) is 95.9 cm³/mol. The highest BCUT2D eigenvalue weighted by molar-refractivity contribution is 6.07. The van der Waals surface area contributed by atoms with Gasteiger partial charge in [0, 0.05) is 18.8 Å². The molecule has 26 heavy (non-hydrogen) atoms. The smallest absolute Gasteiger partial charge is 0.274 e. The van der Waals surface area contributed by atoms with Gasteiger partial charge in [-0.3, -0.25) is 14.3 Å². The monoisotopic (exact) mass is 351 g/mol. The summed E-state index contributed by atoms with van der Waals surface area (Å²) in [5.41, 5.74) is 7.14. The van der Waals surface area contributed by atoms with E-state index >= 15 is 0 Å². The van der Waals surface area contributed by atoms with Crippen LogP contribution >= 0.6 is 0 Å². The molecule has 0 aliphatic heterocycles. The predicted octanol–water partition coefficient (Wildman–Crippen LogP) is 1.84. The molecule has 3 aromatic rings. The van der Waals surface area contributed by atoms with Crippen LogP contribution in [0.5, 0.6) is 5.75 Å². The number of rotatable bonds is 5. The maximum Gasteiger partial charge on any atom is 0.274 e. The second kappa shape index (κ2) is 7.06. The molecule has 0 aliphatic carbocycles. The van der Waals surface area contributed by atoms with Crippen LogP contribution in [0.15, 0.2) is 48.7 Å². The van der Waals surface area contributed by atoms with Crippen LogP contribution in [0.3, 0.4) is 0 Å². The molecule has 0 atom stereocenters. The second-order valence-electron chi connectivity index (χ2n) is 5.52. The molecular weight excluding hydrogens is 334 g/mol. The Bertz CT molecular complexity index is 980. The number of methoxy groups -OCH3 is 1. The summed E-state index contributed by atoms with van der Waals surface area (Å²) >= 11 is 0. The molecule has 0 saturated heterocycles. The van der Waals surface area contributed by atoms with Crippen LogP contribution in [0.25, 0.3) is 11.3 Å².